The zero-order chi connectivity index (χ0) is 14.9. The third-order valence-electron chi connectivity index (χ3n) is 3.95. The SMILES string of the molecule is OC(CCc1ccccc1)c1cnc2sc3ccccc3n12. The van der Waals surface area contributed by atoms with E-state index >= 15 is 0 Å². The summed E-state index contributed by atoms with van der Waals surface area (Å²) in [6.07, 6.45) is 2.85. The van der Waals surface area contributed by atoms with Crippen molar-refractivity contribution in [3.05, 3.63) is 72.1 Å². The third kappa shape index (κ3) is 2.30. The van der Waals surface area contributed by atoms with E-state index in [0.717, 1.165) is 22.6 Å². The molecule has 0 aliphatic heterocycles. The van der Waals surface area contributed by atoms with Gasteiger partial charge in [0.15, 0.2) is 4.96 Å². The number of nitrogens with zero attached hydrogens (tertiary/aromatic N) is 2. The molecule has 1 unspecified atom stereocenters. The molecule has 22 heavy (non-hydrogen) atoms. The highest BCUT2D eigenvalue weighted by molar-refractivity contribution is 7.23. The molecular formula is C18H16N2OS. The molecule has 0 aliphatic carbocycles. The van der Waals surface area contributed by atoms with Crippen LogP contribution in [0.25, 0.3) is 15.2 Å². The van der Waals surface area contributed by atoms with Gasteiger partial charge in [0.25, 0.3) is 0 Å². The van der Waals surface area contributed by atoms with Gasteiger partial charge in [0.2, 0.25) is 0 Å². The molecule has 0 fully saturated rings. The fraction of sp³-hybridized carbons (Fsp3) is 0.167. The molecular weight excluding hydrogens is 292 g/mol. The van der Waals surface area contributed by atoms with Crippen LogP contribution in [-0.2, 0) is 6.42 Å². The van der Waals surface area contributed by atoms with Gasteiger partial charge in [-0.25, -0.2) is 4.98 Å². The van der Waals surface area contributed by atoms with Crippen LogP contribution in [-0.4, -0.2) is 14.5 Å². The van der Waals surface area contributed by atoms with Gasteiger partial charge in [-0.2, -0.15) is 0 Å². The van der Waals surface area contributed by atoms with E-state index < -0.39 is 6.10 Å². The van der Waals surface area contributed by atoms with E-state index in [9.17, 15) is 5.11 Å². The Hall–Kier alpha value is -2.17. The normalized spacial score (nSPS) is 13.0. The first-order valence-corrected chi connectivity index (χ1v) is 8.21. The van der Waals surface area contributed by atoms with Gasteiger partial charge in [0.05, 0.1) is 28.2 Å². The smallest absolute Gasteiger partial charge is 0.195 e. The molecule has 1 N–H and O–H groups in total. The van der Waals surface area contributed by atoms with Crippen molar-refractivity contribution in [1.82, 2.24) is 9.38 Å². The van der Waals surface area contributed by atoms with E-state index in [0.29, 0.717) is 6.42 Å². The number of rotatable bonds is 4. The van der Waals surface area contributed by atoms with Crippen LogP contribution >= 0.6 is 11.3 Å². The number of benzene rings is 2. The van der Waals surface area contributed by atoms with Crippen molar-refractivity contribution in [3.63, 3.8) is 0 Å². The van der Waals surface area contributed by atoms with E-state index in [1.807, 2.05) is 30.3 Å². The number of fused-ring (bicyclic) bond motifs is 3. The Kier molecular flexibility index (Phi) is 3.41. The number of imidazole rings is 1. The van der Waals surface area contributed by atoms with Crippen LogP contribution in [0.2, 0.25) is 0 Å². The van der Waals surface area contributed by atoms with Gasteiger partial charge >= 0.3 is 0 Å². The molecule has 0 bridgehead atoms. The maximum Gasteiger partial charge on any atom is 0.195 e. The quantitative estimate of drug-likeness (QED) is 0.613. The largest absolute Gasteiger partial charge is 0.387 e. The van der Waals surface area contributed by atoms with E-state index in [-0.39, 0.29) is 0 Å². The molecule has 4 heteroatoms. The molecule has 4 aromatic rings. The summed E-state index contributed by atoms with van der Waals surface area (Å²) in [4.78, 5) is 5.39. The van der Waals surface area contributed by atoms with E-state index in [1.165, 1.54) is 10.3 Å². The first-order chi connectivity index (χ1) is 10.8. The van der Waals surface area contributed by atoms with Crippen LogP contribution in [0.1, 0.15) is 23.8 Å². The average Bonchev–Trinajstić information content (AvgIpc) is 3.12. The van der Waals surface area contributed by atoms with Gasteiger partial charge in [-0.3, -0.25) is 4.40 Å². The van der Waals surface area contributed by atoms with Crippen LogP contribution < -0.4 is 0 Å². The van der Waals surface area contributed by atoms with Gasteiger partial charge in [-0.15, -0.1) is 0 Å². The molecule has 2 heterocycles. The molecule has 0 saturated carbocycles. The number of aromatic nitrogens is 2. The van der Waals surface area contributed by atoms with Crippen LogP contribution in [0.4, 0.5) is 0 Å². The Morgan fingerprint density at radius 2 is 1.82 bits per heavy atom. The molecule has 3 nitrogen and oxygen atoms in total. The number of hydrogen-bond donors (Lipinski definition) is 1. The fourth-order valence-corrected chi connectivity index (χ4v) is 3.83. The number of hydrogen-bond acceptors (Lipinski definition) is 3. The molecule has 1 atom stereocenters. The van der Waals surface area contributed by atoms with Gasteiger partial charge in [0, 0.05) is 0 Å². The summed E-state index contributed by atoms with van der Waals surface area (Å²) in [6.45, 7) is 0. The summed E-state index contributed by atoms with van der Waals surface area (Å²) in [6, 6.07) is 18.5. The van der Waals surface area contributed by atoms with Crippen LogP contribution in [0, 0.1) is 0 Å². The molecule has 0 radical (unpaired) electrons. The summed E-state index contributed by atoms with van der Waals surface area (Å²) >= 11 is 1.66. The highest BCUT2D eigenvalue weighted by Gasteiger charge is 2.16. The van der Waals surface area contributed by atoms with Crippen molar-refractivity contribution >= 4 is 26.5 Å². The predicted octanol–water partition coefficient (Wildman–Crippen LogP) is 4.22. The minimum absolute atomic E-state index is 0.506. The van der Waals surface area contributed by atoms with E-state index in [4.69, 9.17) is 0 Å². The van der Waals surface area contributed by atoms with Gasteiger partial charge in [-0.05, 0) is 30.5 Å². The summed E-state index contributed by atoms with van der Waals surface area (Å²) in [5.74, 6) is 0. The molecule has 2 aromatic heterocycles. The Morgan fingerprint density at radius 1 is 1.05 bits per heavy atom. The molecule has 0 spiro atoms. The maximum atomic E-state index is 10.6. The monoisotopic (exact) mass is 308 g/mol. The highest BCUT2D eigenvalue weighted by atomic mass is 32.1. The lowest BCUT2D eigenvalue weighted by Crippen LogP contribution is -2.03. The molecule has 4 rings (SSSR count). The van der Waals surface area contributed by atoms with Crippen molar-refractivity contribution < 1.29 is 5.11 Å². The minimum Gasteiger partial charge on any atom is -0.387 e. The van der Waals surface area contributed by atoms with E-state index in [1.54, 1.807) is 17.5 Å². The van der Waals surface area contributed by atoms with Crippen molar-refractivity contribution in [2.24, 2.45) is 0 Å². The fourth-order valence-electron chi connectivity index (χ4n) is 2.82. The molecule has 0 amide bonds. The van der Waals surface area contributed by atoms with Gasteiger partial charge in [0.1, 0.15) is 0 Å². The van der Waals surface area contributed by atoms with Crippen molar-refractivity contribution in [3.8, 4) is 0 Å². The van der Waals surface area contributed by atoms with Crippen molar-refractivity contribution in [2.45, 2.75) is 18.9 Å². The van der Waals surface area contributed by atoms with Gasteiger partial charge < -0.3 is 5.11 Å². The van der Waals surface area contributed by atoms with Gasteiger partial charge in [-0.1, -0.05) is 53.8 Å². The van der Waals surface area contributed by atoms with Crippen molar-refractivity contribution in [2.75, 3.05) is 0 Å². The Bertz CT molecular complexity index is 911. The maximum absolute atomic E-state index is 10.6. The molecule has 0 aliphatic rings. The molecule has 110 valence electrons. The summed E-state index contributed by atoms with van der Waals surface area (Å²) < 4.78 is 3.28. The zero-order valence-corrected chi connectivity index (χ0v) is 12.8. The highest BCUT2D eigenvalue weighted by Crippen LogP contribution is 2.30. The second-order valence-electron chi connectivity index (χ2n) is 5.41. The summed E-state index contributed by atoms with van der Waals surface area (Å²) in [5.41, 5.74) is 3.25. The van der Waals surface area contributed by atoms with E-state index in [2.05, 4.69) is 33.7 Å². The standard InChI is InChI=1S/C18H16N2OS/c21-16(11-10-13-6-2-1-3-7-13)15-12-19-18-20(15)14-8-4-5-9-17(14)22-18/h1-9,12,16,21H,10-11H2. The second kappa shape index (κ2) is 5.55. The zero-order valence-electron chi connectivity index (χ0n) is 12.0. The second-order valence-corrected chi connectivity index (χ2v) is 6.42. The summed E-state index contributed by atoms with van der Waals surface area (Å²) in [7, 11) is 0. The summed E-state index contributed by atoms with van der Waals surface area (Å²) in [5, 5.41) is 10.6. The lowest BCUT2D eigenvalue weighted by Gasteiger charge is -2.10. The minimum atomic E-state index is -0.506. The Balaban J connectivity index is 1.65. The Labute approximate surface area is 132 Å². The van der Waals surface area contributed by atoms with Crippen LogP contribution in [0.15, 0.2) is 60.8 Å². The van der Waals surface area contributed by atoms with Crippen LogP contribution in [0.5, 0.6) is 0 Å². The number of thiazole rings is 1. The average molecular weight is 308 g/mol. The number of aryl methyl sites for hydroxylation is 1. The topological polar surface area (TPSA) is 37.5 Å². The van der Waals surface area contributed by atoms with Crippen molar-refractivity contribution in [1.29, 1.82) is 0 Å². The predicted molar refractivity (Wildman–Crippen MR) is 90.3 cm³/mol. The first kappa shape index (κ1) is 13.5. The number of aliphatic hydroxyl groups is 1. The molecule has 2 aromatic carbocycles. The Morgan fingerprint density at radius 3 is 2.68 bits per heavy atom. The molecule has 0 saturated heterocycles. The number of para-hydroxylation sites is 1. The lowest BCUT2D eigenvalue weighted by molar-refractivity contribution is 0.162. The first-order valence-electron chi connectivity index (χ1n) is 7.40. The number of aliphatic hydroxyl groups excluding tert-OH is 1. The van der Waals surface area contributed by atoms with Crippen LogP contribution in [0.3, 0.4) is 0 Å². The lowest BCUT2D eigenvalue weighted by atomic mass is 10.1. The third-order valence-corrected chi connectivity index (χ3v) is 4.99.